The summed E-state index contributed by atoms with van der Waals surface area (Å²) in [6.07, 6.45) is 1.36. The number of nitrogens with zero attached hydrogens (tertiary/aromatic N) is 3. The maximum absolute atomic E-state index is 12.4. The minimum atomic E-state index is -0.298. The summed E-state index contributed by atoms with van der Waals surface area (Å²) in [6, 6.07) is 18.1. The Kier molecular flexibility index (Phi) is 3.61. The number of aliphatic imine (C=N–C) groups is 1. The number of benzene rings is 3. The van der Waals surface area contributed by atoms with E-state index in [1.165, 1.54) is 5.56 Å². The number of amides is 1. The molecule has 3 aliphatic rings. The monoisotopic (exact) mass is 450 g/mol. The minimum Gasteiger partial charge on any atom is -0.494 e. The Morgan fingerprint density at radius 2 is 2.12 bits per heavy atom. The fourth-order valence-electron chi connectivity index (χ4n) is 5.56. The van der Waals surface area contributed by atoms with E-state index in [1.54, 1.807) is 19.1 Å². The average Bonchev–Trinajstić information content (AvgIpc) is 3.28. The lowest BCUT2D eigenvalue weighted by atomic mass is 9.92. The van der Waals surface area contributed by atoms with Crippen LogP contribution in [0.15, 0.2) is 59.6 Å². The van der Waals surface area contributed by atoms with Crippen LogP contribution >= 0.6 is 0 Å². The quantitative estimate of drug-likeness (QED) is 0.456. The van der Waals surface area contributed by atoms with Crippen LogP contribution in [-0.2, 0) is 12.0 Å². The zero-order valence-corrected chi connectivity index (χ0v) is 18.8. The molecular weight excluding hydrogens is 426 g/mol. The molecule has 7 heteroatoms. The number of para-hydroxylation sites is 1. The number of H-pyrrole nitrogens is 1. The largest absolute Gasteiger partial charge is 0.494 e. The maximum atomic E-state index is 12.4. The van der Waals surface area contributed by atoms with E-state index in [1.807, 2.05) is 30.3 Å². The molecule has 1 amide bonds. The van der Waals surface area contributed by atoms with E-state index in [2.05, 4.69) is 44.8 Å². The molecule has 3 heterocycles. The highest BCUT2D eigenvalue weighted by Gasteiger charge is 2.57. The molecular formula is C27H23N5O2. The molecule has 2 aliphatic heterocycles. The summed E-state index contributed by atoms with van der Waals surface area (Å²) < 4.78 is 14.2. The number of rotatable bonds is 4. The van der Waals surface area contributed by atoms with E-state index < -0.39 is 0 Å². The number of carbonyl (C=O) groups excluding carboxylic acids is 1. The highest BCUT2D eigenvalue weighted by atomic mass is 16.5. The van der Waals surface area contributed by atoms with Crippen molar-refractivity contribution < 1.29 is 10.9 Å². The van der Waals surface area contributed by atoms with Crippen LogP contribution in [-0.4, -0.2) is 41.4 Å². The molecule has 0 radical (unpaired) electrons. The minimum absolute atomic E-state index is 0.00575. The van der Waals surface area contributed by atoms with Gasteiger partial charge in [-0.15, -0.1) is 0 Å². The summed E-state index contributed by atoms with van der Waals surface area (Å²) in [4.78, 5) is 18.6. The van der Waals surface area contributed by atoms with Crippen LogP contribution in [0.2, 0.25) is 0 Å². The van der Waals surface area contributed by atoms with Crippen molar-refractivity contribution in [3.8, 4) is 5.75 Å². The summed E-state index contributed by atoms with van der Waals surface area (Å²) >= 11 is 0. The molecule has 7 rings (SSSR count). The van der Waals surface area contributed by atoms with Crippen LogP contribution in [0.1, 0.15) is 40.8 Å². The second-order valence-electron chi connectivity index (χ2n) is 9.30. The van der Waals surface area contributed by atoms with E-state index in [0.717, 1.165) is 39.8 Å². The number of ether oxygens (including phenoxy) is 1. The van der Waals surface area contributed by atoms with Gasteiger partial charge >= 0.3 is 0 Å². The number of hydrogen-bond donors (Lipinski definition) is 2. The molecule has 1 aromatic heterocycles. The van der Waals surface area contributed by atoms with E-state index in [-0.39, 0.29) is 17.2 Å². The summed E-state index contributed by atoms with van der Waals surface area (Å²) in [7, 11) is 3.41. The predicted molar refractivity (Wildman–Crippen MR) is 132 cm³/mol. The molecule has 7 nitrogen and oxygen atoms in total. The van der Waals surface area contributed by atoms with Crippen molar-refractivity contribution in [3.05, 3.63) is 76.9 Å². The van der Waals surface area contributed by atoms with Crippen molar-refractivity contribution in [2.45, 2.75) is 24.3 Å². The van der Waals surface area contributed by atoms with E-state index >= 15 is 0 Å². The summed E-state index contributed by atoms with van der Waals surface area (Å²) in [5.74, 6) is 1.60. The van der Waals surface area contributed by atoms with Gasteiger partial charge in [-0.05, 0) is 53.8 Å². The van der Waals surface area contributed by atoms with Gasteiger partial charge in [-0.2, -0.15) is 5.10 Å². The zero-order valence-electron chi connectivity index (χ0n) is 19.8. The Bertz CT molecular complexity index is 1590. The van der Waals surface area contributed by atoms with Gasteiger partial charge in [-0.25, -0.2) is 0 Å². The van der Waals surface area contributed by atoms with Gasteiger partial charge < -0.3 is 15.0 Å². The Morgan fingerprint density at radius 3 is 3.00 bits per heavy atom. The fraction of sp³-hybridized carbons (Fsp3) is 0.222. The third kappa shape index (κ3) is 2.55. The first kappa shape index (κ1) is 18.3. The first-order valence-electron chi connectivity index (χ1n) is 11.9. The lowest BCUT2D eigenvalue weighted by Crippen LogP contribution is -2.17. The fourth-order valence-corrected chi connectivity index (χ4v) is 5.56. The Labute approximate surface area is 197 Å². The van der Waals surface area contributed by atoms with Gasteiger partial charge in [0.05, 0.1) is 31.9 Å². The molecule has 4 aromatic rings. The summed E-state index contributed by atoms with van der Waals surface area (Å²) in [6.45, 7) is 0.519. The van der Waals surface area contributed by atoms with Gasteiger partial charge in [0.15, 0.2) is 5.82 Å². The Morgan fingerprint density at radius 1 is 1.24 bits per heavy atom. The first-order valence-corrected chi connectivity index (χ1v) is 11.4. The topological polar surface area (TPSA) is 82.6 Å². The number of anilines is 2. The van der Waals surface area contributed by atoms with Crippen LogP contribution in [0.25, 0.3) is 10.9 Å². The summed E-state index contributed by atoms with van der Waals surface area (Å²) in [5.41, 5.74) is 6.23. The van der Waals surface area contributed by atoms with Crippen LogP contribution in [0.5, 0.6) is 5.75 Å². The Hall–Kier alpha value is -4.13. The highest BCUT2D eigenvalue weighted by Crippen LogP contribution is 2.63. The molecule has 168 valence electrons. The van der Waals surface area contributed by atoms with Gasteiger partial charge in [-0.3, -0.25) is 14.9 Å². The van der Waals surface area contributed by atoms with E-state index in [4.69, 9.17) is 6.11 Å². The smallest absolute Gasteiger partial charge is 0.254 e. The highest BCUT2D eigenvalue weighted by molar-refractivity contribution is 6.00. The van der Waals surface area contributed by atoms with Crippen LogP contribution in [0.3, 0.4) is 0 Å². The lowest BCUT2D eigenvalue weighted by molar-refractivity contribution is 0.0816. The third-order valence-electron chi connectivity index (χ3n) is 7.40. The van der Waals surface area contributed by atoms with Crippen molar-refractivity contribution in [1.82, 2.24) is 15.1 Å². The average molecular weight is 451 g/mol. The standard InChI is InChI=1S/C27H23N5O2/c1-32-13-18-16(26(32)33)9-10-22(24(18)34-2)29-25-17-8-7-15(11-23(17)30-31-25)20-12-27(20)14-28-21-6-4-3-5-19(21)27/h3-11,14,20H,12-13H2,1-2H3,(H2,29,30,31)/i14D. The molecule has 1 aliphatic carbocycles. The van der Waals surface area contributed by atoms with Gasteiger partial charge in [-0.1, -0.05) is 24.3 Å². The van der Waals surface area contributed by atoms with Crippen LogP contribution in [0, 0.1) is 0 Å². The first-order chi connectivity index (χ1) is 17.0. The van der Waals surface area contributed by atoms with Gasteiger partial charge in [0.1, 0.15) is 5.75 Å². The molecule has 0 saturated heterocycles. The second kappa shape index (κ2) is 6.70. The number of aromatic nitrogens is 2. The normalized spacial score (nSPS) is 22.6. The van der Waals surface area contributed by atoms with Crippen LogP contribution in [0.4, 0.5) is 17.2 Å². The number of hydrogen-bond acceptors (Lipinski definition) is 5. The SMILES string of the molecule is [2H]C1=Nc2ccccc2C12CC2c1ccc2c(Nc3ccc4c(c3OC)CN(C)C4=O)n[nH]c2c1. The Balaban J connectivity index is 1.21. The van der Waals surface area contributed by atoms with E-state index in [9.17, 15) is 4.79 Å². The molecule has 3 aromatic carbocycles. The van der Waals surface area contributed by atoms with Gasteiger partial charge in [0, 0.05) is 35.2 Å². The number of aromatic amines is 1. The molecule has 0 bridgehead atoms. The van der Waals surface area contributed by atoms with E-state index in [0.29, 0.717) is 29.9 Å². The van der Waals surface area contributed by atoms with Gasteiger partial charge in [0.2, 0.25) is 0 Å². The number of fused-ring (bicyclic) bond motifs is 4. The summed E-state index contributed by atoms with van der Waals surface area (Å²) in [5, 5.41) is 12.0. The van der Waals surface area contributed by atoms with Gasteiger partial charge in [0.25, 0.3) is 5.91 Å². The van der Waals surface area contributed by atoms with Crippen molar-refractivity contribution in [1.29, 1.82) is 0 Å². The predicted octanol–water partition coefficient (Wildman–Crippen LogP) is 5.04. The molecule has 34 heavy (non-hydrogen) atoms. The lowest BCUT2D eigenvalue weighted by Gasteiger charge is -2.13. The second-order valence-corrected chi connectivity index (χ2v) is 9.30. The molecule has 1 saturated carbocycles. The van der Waals surface area contributed by atoms with Crippen molar-refractivity contribution in [3.63, 3.8) is 0 Å². The maximum Gasteiger partial charge on any atom is 0.254 e. The molecule has 1 fully saturated rings. The zero-order chi connectivity index (χ0) is 23.9. The number of nitrogens with one attached hydrogen (secondary N) is 2. The van der Waals surface area contributed by atoms with Crippen molar-refractivity contribution in [2.24, 2.45) is 4.99 Å². The van der Waals surface area contributed by atoms with Crippen molar-refractivity contribution in [2.75, 3.05) is 19.5 Å². The molecule has 2 N–H and O–H groups in total. The van der Waals surface area contributed by atoms with Crippen molar-refractivity contribution >= 4 is 40.2 Å². The molecule has 1 spiro atoms. The number of carbonyl (C=O) groups is 1. The number of methoxy groups -OCH3 is 1. The molecule has 2 unspecified atom stereocenters. The molecule has 2 atom stereocenters. The van der Waals surface area contributed by atoms with Crippen LogP contribution < -0.4 is 10.1 Å². The third-order valence-corrected chi connectivity index (χ3v) is 7.40.